The van der Waals surface area contributed by atoms with Crippen molar-refractivity contribution in [3.05, 3.63) is 112 Å². The number of hydrogen-bond acceptors (Lipinski definition) is 6. The molecule has 0 spiro atoms. The van der Waals surface area contributed by atoms with Crippen molar-refractivity contribution in [1.82, 2.24) is 10.3 Å². The van der Waals surface area contributed by atoms with Crippen molar-refractivity contribution in [3.8, 4) is 11.1 Å². The maximum Gasteiger partial charge on any atom is 0.326 e. The summed E-state index contributed by atoms with van der Waals surface area (Å²) in [7, 11) is 0. The fourth-order valence-electron chi connectivity index (χ4n) is 3.82. The zero-order valence-electron chi connectivity index (χ0n) is 21.5. The summed E-state index contributed by atoms with van der Waals surface area (Å²) in [6.07, 6.45) is 5.03. The summed E-state index contributed by atoms with van der Waals surface area (Å²) in [5.41, 5.74) is 12.4. The highest BCUT2D eigenvalue weighted by Crippen LogP contribution is 2.25. The van der Waals surface area contributed by atoms with Crippen molar-refractivity contribution in [3.63, 3.8) is 0 Å². The van der Waals surface area contributed by atoms with Gasteiger partial charge in [-0.05, 0) is 54.5 Å². The number of carbonyl (C=O) groups is 2. The van der Waals surface area contributed by atoms with Gasteiger partial charge < -0.3 is 16.2 Å². The molecular formula is C30H33N3O3S2. The van der Waals surface area contributed by atoms with E-state index in [0.717, 1.165) is 28.0 Å². The Hall–Kier alpha value is -3.46. The summed E-state index contributed by atoms with van der Waals surface area (Å²) >= 11 is 3.17. The standard InChI is InChI=1S/C19H21NO3S.C11H12N2S/c1-13-8-9-15(16(12-13)14-6-4-3-5-7-14)18(21)20-17(19(22)23)10-11-24-2;12-10(11-7-13-8-14-11)6-9-4-2-1-3-5-9/h3-9,12,17H,10-11H2,1-2H3,(H,20,21)(H,22,23);1-5,7-8,10H,6,12H2. The Bertz CT molecular complexity index is 1280. The molecule has 0 radical (unpaired) electrons. The van der Waals surface area contributed by atoms with Gasteiger partial charge in [0.15, 0.2) is 0 Å². The summed E-state index contributed by atoms with van der Waals surface area (Å²) in [5.74, 6) is -0.690. The zero-order valence-corrected chi connectivity index (χ0v) is 23.2. The van der Waals surface area contributed by atoms with Gasteiger partial charge in [-0.2, -0.15) is 11.8 Å². The minimum absolute atomic E-state index is 0.0740. The van der Waals surface area contributed by atoms with Crippen LogP contribution >= 0.6 is 23.1 Å². The molecule has 0 saturated carbocycles. The molecule has 38 heavy (non-hydrogen) atoms. The molecule has 198 valence electrons. The average Bonchev–Trinajstić information content (AvgIpc) is 3.48. The van der Waals surface area contributed by atoms with Crippen LogP contribution in [0.4, 0.5) is 0 Å². The highest BCUT2D eigenvalue weighted by atomic mass is 32.2. The predicted octanol–water partition coefficient (Wildman–Crippen LogP) is 5.98. The van der Waals surface area contributed by atoms with E-state index in [0.29, 0.717) is 17.7 Å². The Balaban J connectivity index is 0.000000241. The van der Waals surface area contributed by atoms with E-state index in [2.05, 4.69) is 22.4 Å². The number of nitrogens with two attached hydrogens (primary N) is 1. The molecule has 3 aromatic carbocycles. The number of carboxylic acids is 1. The van der Waals surface area contributed by atoms with Gasteiger partial charge in [0.1, 0.15) is 6.04 Å². The van der Waals surface area contributed by atoms with E-state index >= 15 is 0 Å². The van der Waals surface area contributed by atoms with Crippen molar-refractivity contribution in [1.29, 1.82) is 0 Å². The SMILES string of the molecule is CSCCC(NC(=O)c1ccc(C)cc1-c1ccccc1)C(=O)O.NC(Cc1ccccc1)c1cncs1. The molecule has 1 aromatic heterocycles. The van der Waals surface area contributed by atoms with Crippen molar-refractivity contribution in [2.45, 2.75) is 31.8 Å². The van der Waals surface area contributed by atoms with E-state index < -0.39 is 12.0 Å². The Labute approximate surface area is 232 Å². The highest BCUT2D eigenvalue weighted by Gasteiger charge is 2.22. The molecule has 1 amide bonds. The Morgan fingerprint density at radius 1 is 1.05 bits per heavy atom. The normalized spacial score (nSPS) is 12.1. The third kappa shape index (κ3) is 8.83. The molecule has 2 unspecified atom stereocenters. The predicted molar refractivity (Wildman–Crippen MR) is 158 cm³/mol. The second-order valence-corrected chi connectivity index (χ2v) is 10.7. The average molecular weight is 548 g/mol. The smallest absolute Gasteiger partial charge is 0.326 e. The molecule has 0 aliphatic heterocycles. The van der Waals surface area contributed by atoms with Gasteiger partial charge in [-0.15, -0.1) is 11.3 Å². The molecule has 0 saturated heterocycles. The molecule has 6 nitrogen and oxygen atoms in total. The van der Waals surface area contributed by atoms with Crippen molar-refractivity contribution >= 4 is 35.0 Å². The summed E-state index contributed by atoms with van der Waals surface area (Å²) in [6, 6.07) is 24.7. The number of rotatable bonds is 10. The lowest BCUT2D eigenvalue weighted by molar-refractivity contribution is -0.139. The number of nitrogens with zero attached hydrogens (tertiary/aromatic N) is 1. The lowest BCUT2D eigenvalue weighted by Gasteiger charge is -2.16. The van der Waals surface area contributed by atoms with Crippen LogP contribution < -0.4 is 11.1 Å². The number of amides is 1. The molecule has 1 heterocycles. The Kier molecular flexibility index (Phi) is 11.5. The van der Waals surface area contributed by atoms with Crippen LogP contribution in [-0.4, -0.2) is 40.0 Å². The largest absolute Gasteiger partial charge is 0.480 e. The molecular weight excluding hydrogens is 514 g/mol. The molecule has 0 aliphatic carbocycles. The maximum atomic E-state index is 12.6. The van der Waals surface area contributed by atoms with Crippen LogP contribution in [0.1, 0.15) is 38.8 Å². The Morgan fingerprint density at radius 2 is 1.74 bits per heavy atom. The molecule has 0 bridgehead atoms. The van der Waals surface area contributed by atoms with Crippen LogP contribution in [0.5, 0.6) is 0 Å². The van der Waals surface area contributed by atoms with Gasteiger partial charge in [-0.1, -0.05) is 78.4 Å². The first-order valence-electron chi connectivity index (χ1n) is 12.3. The quantitative estimate of drug-likeness (QED) is 0.225. The van der Waals surface area contributed by atoms with E-state index in [-0.39, 0.29) is 11.9 Å². The maximum absolute atomic E-state index is 12.6. The molecule has 4 aromatic rings. The second-order valence-electron chi connectivity index (χ2n) is 8.76. The lowest BCUT2D eigenvalue weighted by Crippen LogP contribution is -2.41. The first-order valence-corrected chi connectivity index (χ1v) is 14.5. The van der Waals surface area contributed by atoms with E-state index in [9.17, 15) is 14.7 Å². The number of thioether (sulfide) groups is 1. The topological polar surface area (TPSA) is 105 Å². The number of aliphatic carboxylic acids is 1. The zero-order chi connectivity index (χ0) is 27.3. The first-order chi connectivity index (χ1) is 18.4. The van der Waals surface area contributed by atoms with Crippen LogP contribution in [0.15, 0.2) is 90.6 Å². The van der Waals surface area contributed by atoms with Crippen LogP contribution in [-0.2, 0) is 11.2 Å². The van der Waals surface area contributed by atoms with E-state index in [1.165, 1.54) is 5.56 Å². The number of benzene rings is 3. The fraction of sp³-hybridized carbons (Fsp3) is 0.233. The summed E-state index contributed by atoms with van der Waals surface area (Å²) in [5, 5.41) is 11.9. The number of aryl methyl sites for hydroxylation is 1. The monoisotopic (exact) mass is 547 g/mol. The number of aromatic nitrogens is 1. The molecule has 2 atom stereocenters. The third-order valence-electron chi connectivity index (χ3n) is 5.83. The van der Waals surface area contributed by atoms with Gasteiger partial charge in [-0.3, -0.25) is 9.78 Å². The molecule has 4 rings (SSSR count). The van der Waals surface area contributed by atoms with E-state index in [1.54, 1.807) is 29.2 Å². The molecule has 4 N–H and O–H groups in total. The summed E-state index contributed by atoms with van der Waals surface area (Å²) in [4.78, 5) is 29.2. The third-order valence-corrected chi connectivity index (χ3v) is 7.39. The number of nitrogens with one attached hydrogen (secondary N) is 1. The van der Waals surface area contributed by atoms with Gasteiger partial charge in [0.25, 0.3) is 5.91 Å². The van der Waals surface area contributed by atoms with Crippen molar-refractivity contribution in [2.75, 3.05) is 12.0 Å². The van der Waals surface area contributed by atoms with Crippen LogP contribution in [0.25, 0.3) is 11.1 Å². The number of hydrogen-bond donors (Lipinski definition) is 3. The minimum atomic E-state index is -1.01. The highest BCUT2D eigenvalue weighted by molar-refractivity contribution is 7.98. The number of carboxylic acid groups (broad SMARTS) is 1. The number of carbonyl (C=O) groups excluding carboxylic acids is 1. The fourth-order valence-corrected chi connectivity index (χ4v) is 4.91. The summed E-state index contributed by atoms with van der Waals surface area (Å²) in [6.45, 7) is 1.96. The van der Waals surface area contributed by atoms with Gasteiger partial charge in [0, 0.05) is 22.7 Å². The molecule has 0 fully saturated rings. The van der Waals surface area contributed by atoms with E-state index in [4.69, 9.17) is 5.73 Å². The van der Waals surface area contributed by atoms with E-state index in [1.807, 2.05) is 85.6 Å². The van der Waals surface area contributed by atoms with Gasteiger partial charge in [0.2, 0.25) is 0 Å². The second kappa shape index (κ2) is 15.1. The lowest BCUT2D eigenvalue weighted by atomic mass is 9.97. The van der Waals surface area contributed by atoms with Gasteiger partial charge >= 0.3 is 5.97 Å². The van der Waals surface area contributed by atoms with Gasteiger partial charge in [-0.25, -0.2) is 4.79 Å². The minimum Gasteiger partial charge on any atom is -0.480 e. The Morgan fingerprint density at radius 3 is 2.34 bits per heavy atom. The van der Waals surface area contributed by atoms with Crippen LogP contribution in [0.2, 0.25) is 0 Å². The first kappa shape index (κ1) is 29.1. The van der Waals surface area contributed by atoms with Crippen LogP contribution in [0, 0.1) is 6.92 Å². The van der Waals surface area contributed by atoms with Crippen molar-refractivity contribution < 1.29 is 14.7 Å². The van der Waals surface area contributed by atoms with Crippen LogP contribution in [0.3, 0.4) is 0 Å². The molecule has 8 heteroatoms. The van der Waals surface area contributed by atoms with Gasteiger partial charge in [0.05, 0.1) is 5.51 Å². The van der Waals surface area contributed by atoms with Crippen molar-refractivity contribution in [2.24, 2.45) is 5.73 Å². The summed E-state index contributed by atoms with van der Waals surface area (Å²) < 4.78 is 0. The molecule has 0 aliphatic rings. The number of thiazole rings is 1.